The minimum Gasteiger partial charge on any atom is -0.459 e. The number of rotatable bonds is 5. The molecule has 1 heterocycles. The molecule has 5 heteroatoms. The lowest BCUT2D eigenvalue weighted by Gasteiger charge is -2.45. The first kappa shape index (κ1) is 21.6. The van der Waals surface area contributed by atoms with Crippen LogP contribution in [0.15, 0.2) is 12.2 Å². The number of carbonyl (C=O) groups excluding carboxylic acids is 1. The minimum absolute atomic E-state index is 0.0422. The largest absolute Gasteiger partial charge is 0.459 e. The Labute approximate surface area is 160 Å². The summed E-state index contributed by atoms with van der Waals surface area (Å²) in [7, 11) is -1.81. The molecular formula is C21H38O4Si. The molecule has 0 spiro atoms. The predicted octanol–water partition coefficient (Wildman–Crippen LogP) is 5.23. The van der Waals surface area contributed by atoms with E-state index in [2.05, 4.69) is 60.7 Å². The standard InChI is InChI=1S/C21H38O4Si/c1-15(23-16(2)22)11-12-21-19(6,7)13-17(14-20(21,8)25-21)24-26(9,10)18(3,4)5/h11-12,15,17H,13-14H2,1-10H3/b12-11+/t15-,17-,20-,21+/m0/s1. The van der Waals surface area contributed by atoms with E-state index in [-0.39, 0.29) is 39.8 Å². The molecule has 0 unspecified atom stereocenters. The third kappa shape index (κ3) is 3.81. The second-order valence-electron chi connectivity index (χ2n) is 10.5. The third-order valence-corrected chi connectivity index (χ3v) is 11.2. The molecule has 2 fully saturated rings. The second kappa shape index (κ2) is 6.45. The van der Waals surface area contributed by atoms with Crippen LogP contribution in [0, 0.1) is 5.41 Å². The molecule has 0 aromatic heterocycles. The Morgan fingerprint density at radius 1 is 1.23 bits per heavy atom. The van der Waals surface area contributed by atoms with Crippen molar-refractivity contribution in [3.05, 3.63) is 12.2 Å². The van der Waals surface area contributed by atoms with Crippen LogP contribution >= 0.6 is 0 Å². The van der Waals surface area contributed by atoms with Gasteiger partial charge in [-0.15, -0.1) is 0 Å². The number of epoxide rings is 1. The SMILES string of the molecule is CC(=O)O[C@@H](C)/C=C/[C@]12O[C@@]1(C)C[C@@H](O[Si](C)(C)C(C)(C)C)CC2(C)C. The summed E-state index contributed by atoms with van der Waals surface area (Å²) >= 11 is 0. The summed E-state index contributed by atoms with van der Waals surface area (Å²) in [5.41, 5.74) is -0.560. The summed E-state index contributed by atoms with van der Waals surface area (Å²) in [5, 5.41) is 0.205. The zero-order valence-electron chi connectivity index (χ0n) is 18.4. The van der Waals surface area contributed by atoms with Crippen molar-refractivity contribution in [3.63, 3.8) is 0 Å². The van der Waals surface area contributed by atoms with Crippen molar-refractivity contribution in [1.82, 2.24) is 0 Å². The smallest absolute Gasteiger partial charge is 0.303 e. The molecule has 1 saturated carbocycles. The van der Waals surface area contributed by atoms with Crippen molar-refractivity contribution in [1.29, 1.82) is 0 Å². The first-order chi connectivity index (χ1) is 11.6. The highest BCUT2D eigenvalue weighted by Crippen LogP contribution is 2.66. The van der Waals surface area contributed by atoms with Crippen LogP contribution in [0.3, 0.4) is 0 Å². The van der Waals surface area contributed by atoms with Crippen molar-refractivity contribution >= 4 is 14.3 Å². The molecule has 1 aliphatic carbocycles. The summed E-state index contributed by atoms with van der Waals surface area (Å²) in [4.78, 5) is 11.1. The Balaban J connectivity index is 2.15. The van der Waals surface area contributed by atoms with Gasteiger partial charge in [0.1, 0.15) is 17.3 Å². The summed E-state index contributed by atoms with van der Waals surface area (Å²) in [6.07, 6.45) is 5.96. The van der Waals surface area contributed by atoms with E-state index in [1.54, 1.807) is 0 Å². The highest BCUT2D eigenvalue weighted by Gasteiger charge is 2.75. The Morgan fingerprint density at radius 2 is 1.81 bits per heavy atom. The normalized spacial score (nSPS) is 35.1. The van der Waals surface area contributed by atoms with Crippen molar-refractivity contribution < 1.29 is 18.7 Å². The Kier molecular flexibility index (Phi) is 5.37. The Morgan fingerprint density at radius 3 is 2.27 bits per heavy atom. The van der Waals surface area contributed by atoms with Gasteiger partial charge in [-0.3, -0.25) is 4.79 Å². The number of hydrogen-bond donors (Lipinski definition) is 0. The summed E-state index contributed by atoms with van der Waals surface area (Å²) in [5.74, 6) is -0.259. The molecule has 0 aromatic carbocycles. The molecule has 2 aliphatic rings. The van der Waals surface area contributed by atoms with Gasteiger partial charge in [-0.05, 0) is 50.6 Å². The molecule has 0 radical (unpaired) electrons. The van der Waals surface area contributed by atoms with Crippen LogP contribution in [0.25, 0.3) is 0 Å². The van der Waals surface area contributed by atoms with Crippen LogP contribution in [0.2, 0.25) is 18.1 Å². The van der Waals surface area contributed by atoms with Gasteiger partial charge in [-0.2, -0.15) is 0 Å². The maximum Gasteiger partial charge on any atom is 0.303 e. The van der Waals surface area contributed by atoms with Gasteiger partial charge >= 0.3 is 5.97 Å². The van der Waals surface area contributed by atoms with Crippen LogP contribution in [0.5, 0.6) is 0 Å². The fourth-order valence-electron chi connectivity index (χ4n) is 4.29. The van der Waals surface area contributed by atoms with Crippen molar-refractivity contribution in [2.75, 3.05) is 0 Å². The van der Waals surface area contributed by atoms with Crippen LogP contribution in [-0.4, -0.2) is 37.7 Å². The van der Waals surface area contributed by atoms with Gasteiger partial charge in [0, 0.05) is 24.9 Å². The molecule has 0 N–H and O–H groups in total. The number of esters is 1. The van der Waals surface area contributed by atoms with E-state index in [0.717, 1.165) is 12.8 Å². The highest BCUT2D eigenvalue weighted by molar-refractivity contribution is 6.74. The van der Waals surface area contributed by atoms with Crippen LogP contribution in [0.1, 0.15) is 68.2 Å². The van der Waals surface area contributed by atoms with Crippen LogP contribution in [-0.2, 0) is 18.7 Å². The molecular weight excluding hydrogens is 344 g/mol. The van der Waals surface area contributed by atoms with Gasteiger partial charge in [0.2, 0.25) is 0 Å². The van der Waals surface area contributed by atoms with Gasteiger partial charge in [0.05, 0.1) is 0 Å². The molecule has 1 saturated heterocycles. The van der Waals surface area contributed by atoms with Gasteiger partial charge in [0.25, 0.3) is 0 Å². The predicted molar refractivity (Wildman–Crippen MR) is 108 cm³/mol. The average Bonchev–Trinajstić information content (AvgIpc) is 3.00. The lowest BCUT2D eigenvalue weighted by Crippen LogP contribution is -2.51. The lowest BCUT2D eigenvalue weighted by atomic mass is 9.63. The quantitative estimate of drug-likeness (QED) is 0.283. The second-order valence-corrected chi connectivity index (χ2v) is 15.3. The number of ether oxygens (including phenoxy) is 2. The van der Waals surface area contributed by atoms with E-state index >= 15 is 0 Å². The number of carbonyl (C=O) groups is 1. The summed E-state index contributed by atoms with van der Waals surface area (Å²) < 4.78 is 18.3. The summed E-state index contributed by atoms with van der Waals surface area (Å²) in [6.45, 7) is 21.5. The number of fused-ring (bicyclic) bond motifs is 1. The first-order valence-corrected chi connectivity index (χ1v) is 12.7. The molecule has 150 valence electrons. The van der Waals surface area contributed by atoms with E-state index in [9.17, 15) is 4.79 Å². The van der Waals surface area contributed by atoms with Crippen LogP contribution in [0.4, 0.5) is 0 Å². The minimum atomic E-state index is -1.81. The molecule has 4 nitrogen and oxygen atoms in total. The number of hydrogen-bond acceptors (Lipinski definition) is 4. The molecule has 1 aliphatic heterocycles. The highest BCUT2D eigenvalue weighted by atomic mass is 28.4. The lowest BCUT2D eigenvalue weighted by molar-refractivity contribution is -0.143. The monoisotopic (exact) mass is 382 g/mol. The van der Waals surface area contributed by atoms with Crippen molar-refractivity contribution in [2.45, 2.75) is 110 Å². The molecule has 0 aromatic rings. The maximum atomic E-state index is 11.1. The van der Waals surface area contributed by atoms with E-state index < -0.39 is 8.32 Å². The van der Waals surface area contributed by atoms with Crippen molar-refractivity contribution in [2.24, 2.45) is 5.41 Å². The molecule has 0 amide bonds. The van der Waals surface area contributed by atoms with Gasteiger partial charge in [-0.25, -0.2) is 0 Å². The first-order valence-electron chi connectivity index (χ1n) is 9.80. The Bertz CT molecular complexity index is 589. The zero-order chi connectivity index (χ0) is 20.2. The fourth-order valence-corrected chi connectivity index (χ4v) is 5.64. The fraction of sp³-hybridized carbons (Fsp3) is 0.857. The Hall–Kier alpha value is -0.653. The molecule has 4 atom stereocenters. The molecule has 2 rings (SSSR count). The van der Waals surface area contributed by atoms with E-state index in [4.69, 9.17) is 13.9 Å². The summed E-state index contributed by atoms with van der Waals surface area (Å²) in [6, 6.07) is 0. The van der Waals surface area contributed by atoms with Crippen LogP contribution < -0.4 is 0 Å². The van der Waals surface area contributed by atoms with E-state index in [0.29, 0.717) is 0 Å². The average molecular weight is 383 g/mol. The third-order valence-electron chi connectivity index (χ3n) is 6.71. The molecule has 26 heavy (non-hydrogen) atoms. The van der Waals surface area contributed by atoms with E-state index in [1.165, 1.54) is 6.92 Å². The van der Waals surface area contributed by atoms with Gasteiger partial charge in [0.15, 0.2) is 8.32 Å². The zero-order valence-corrected chi connectivity index (χ0v) is 19.4. The topological polar surface area (TPSA) is 48.1 Å². The maximum absolute atomic E-state index is 11.1. The molecule has 0 bridgehead atoms. The van der Waals surface area contributed by atoms with E-state index in [1.807, 2.05) is 13.0 Å². The van der Waals surface area contributed by atoms with Gasteiger partial charge in [-0.1, -0.05) is 34.6 Å². The van der Waals surface area contributed by atoms with Crippen molar-refractivity contribution in [3.8, 4) is 0 Å². The van der Waals surface area contributed by atoms with Gasteiger partial charge < -0.3 is 13.9 Å².